The van der Waals surface area contributed by atoms with E-state index in [1.54, 1.807) is 24.3 Å². The molecule has 2 aromatic rings. The third-order valence-corrected chi connectivity index (χ3v) is 6.81. The normalized spacial score (nSPS) is 22.1. The fraction of sp³-hybridized carbons (Fsp3) is 0.462. The van der Waals surface area contributed by atoms with Gasteiger partial charge in [-0.15, -0.1) is 0 Å². The lowest BCUT2D eigenvalue weighted by Gasteiger charge is -2.40. The van der Waals surface area contributed by atoms with Crippen molar-refractivity contribution in [1.82, 2.24) is 9.80 Å². The molecule has 1 heterocycles. The molecule has 0 saturated heterocycles. The van der Waals surface area contributed by atoms with Crippen LogP contribution in [0.3, 0.4) is 0 Å². The highest BCUT2D eigenvalue weighted by atomic mass is 35.5. The molecule has 1 fully saturated rings. The average molecular weight is 455 g/mol. The highest BCUT2D eigenvalue weighted by Gasteiger charge is 2.35. The van der Waals surface area contributed by atoms with Gasteiger partial charge in [0.2, 0.25) is 0 Å². The van der Waals surface area contributed by atoms with Crippen LogP contribution in [0.15, 0.2) is 48.5 Å². The van der Waals surface area contributed by atoms with Crippen molar-refractivity contribution in [2.45, 2.75) is 57.6 Å². The molecule has 0 N–H and O–H groups in total. The lowest BCUT2D eigenvalue weighted by Crippen LogP contribution is -2.51. The summed E-state index contributed by atoms with van der Waals surface area (Å²) in [5, 5.41) is 0.620. The molecule has 0 radical (unpaired) electrons. The number of carbonyl (C=O) groups excluding carboxylic acids is 2. The predicted molar refractivity (Wildman–Crippen MR) is 126 cm³/mol. The fourth-order valence-corrected chi connectivity index (χ4v) is 4.94. The minimum absolute atomic E-state index is 0.0169. The molecular weight excluding hydrogens is 424 g/mol. The van der Waals surface area contributed by atoms with Crippen molar-refractivity contribution in [1.29, 1.82) is 0 Å². The quantitative estimate of drug-likeness (QED) is 0.608. The largest absolute Gasteiger partial charge is 0.487 e. The zero-order valence-electron chi connectivity index (χ0n) is 18.6. The van der Waals surface area contributed by atoms with Crippen LogP contribution in [-0.4, -0.2) is 53.4 Å². The van der Waals surface area contributed by atoms with Crippen LogP contribution in [0.25, 0.3) is 0 Å². The van der Waals surface area contributed by atoms with Gasteiger partial charge in [0.25, 0.3) is 11.8 Å². The summed E-state index contributed by atoms with van der Waals surface area (Å²) in [7, 11) is 0. The first-order valence-electron chi connectivity index (χ1n) is 11.7. The second-order valence-corrected chi connectivity index (χ2v) is 9.04. The zero-order chi connectivity index (χ0) is 22.5. The van der Waals surface area contributed by atoms with Crippen molar-refractivity contribution in [3.8, 4) is 5.75 Å². The maximum atomic E-state index is 13.6. The Morgan fingerprint density at radius 1 is 1.00 bits per heavy atom. The van der Waals surface area contributed by atoms with E-state index in [4.69, 9.17) is 16.3 Å². The van der Waals surface area contributed by atoms with Crippen LogP contribution >= 0.6 is 11.6 Å². The lowest BCUT2D eigenvalue weighted by atomic mass is 9.90. The van der Waals surface area contributed by atoms with Gasteiger partial charge in [0.1, 0.15) is 11.9 Å². The van der Waals surface area contributed by atoms with Gasteiger partial charge in [0.05, 0.1) is 11.6 Å². The summed E-state index contributed by atoms with van der Waals surface area (Å²) in [5.41, 5.74) is 1.26. The molecule has 1 saturated carbocycles. The Morgan fingerprint density at radius 2 is 1.72 bits per heavy atom. The topological polar surface area (TPSA) is 49.9 Å². The molecular formula is C26H31ClN2O3. The van der Waals surface area contributed by atoms with Crippen LogP contribution in [0.5, 0.6) is 5.75 Å². The standard InChI is InChI=1S/C26H31ClN2O3/c1-2-28-17-7-8-18-29(25(30)19-13-15-20(27)16-14-19)22-10-4-6-12-24(22)32-23-11-5-3-9-21(23)26(28)31/h3,5,9,11,13-16,22,24H,2,4,6-8,10,12,17-18H2,1H3/t22-,24+/m1/s1. The van der Waals surface area contributed by atoms with Crippen molar-refractivity contribution in [3.05, 3.63) is 64.7 Å². The maximum absolute atomic E-state index is 13.6. The number of nitrogens with zero attached hydrogens (tertiary/aromatic N) is 2. The van der Waals surface area contributed by atoms with Crippen molar-refractivity contribution in [3.63, 3.8) is 0 Å². The monoisotopic (exact) mass is 454 g/mol. The third kappa shape index (κ3) is 4.93. The number of halogens is 1. The summed E-state index contributed by atoms with van der Waals surface area (Å²) in [5.74, 6) is 0.661. The zero-order valence-corrected chi connectivity index (χ0v) is 19.4. The average Bonchev–Trinajstić information content (AvgIpc) is 2.82. The van der Waals surface area contributed by atoms with Crippen molar-refractivity contribution < 1.29 is 14.3 Å². The number of carbonyl (C=O) groups is 2. The minimum Gasteiger partial charge on any atom is -0.487 e. The summed E-state index contributed by atoms with van der Waals surface area (Å²) < 4.78 is 6.51. The van der Waals surface area contributed by atoms with E-state index >= 15 is 0 Å². The number of para-hydroxylation sites is 1. The highest BCUT2D eigenvalue weighted by Crippen LogP contribution is 2.31. The van der Waals surface area contributed by atoms with E-state index in [0.29, 0.717) is 41.5 Å². The minimum atomic E-state index is -0.136. The Labute approximate surface area is 195 Å². The number of rotatable bonds is 2. The Morgan fingerprint density at radius 3 is 2.50 bits per heavy atom. The van der Waals surface area contributed by atoms with Crippen molar-refractivity contribution in [2.75, 3.05) is 19.6 Å². The molecule has 1 aliphatic carbocycles. The smallest absolute Gasteiger partial charge is 0.257 e. The van der Waals surface area contributed by atoms with E-state index < -0.39 is 0 Å². The first-order chi connectivity index (χ1) is 15.6. The molecule has 2 atom stereocenters. The fourth-order valence-electron chi connectivity index (χ4n) is 4.82. The molecule has 0 unspecified atom stereocenters. The molecule has 170 valence electrons. The predicted octanol–water partition coefficient (Wildman–Crippen LogP) is 5.43. The lowest BCUT2D eigenvalue weighted by molar-refractivity contribution is 0.0259. The number of benzene rings is 2. The molecule has 2 amide bonds. The van der Waals surface area contributed by atoms with Crippen molar-refractivity contribution in [2.24, 2.45) is 0 Å². The molecule has 32 heavy (non-hydrogen) atoms. The van der Waals surface area contributed by atoms with Crippen LogP contribution < -0.4 is 4.74 Å². The van der Waals surface area contributed by atoms with Gasteiger partial charge in [-0.25, -0.2) is 0 Å². The summed E-state index contributed by atoms with van der Waals surface area (Å²) in [6.07, 6.45) is 5.46. The highest BCUT2D eigenvalue weighted by molar-refractivity contribution is 6.30. The Bertz CT molecular complexity index is 946. The summed E-state index contributed by atoms with van der Waals surface area (Å²) in [6.45, 7) is 3.97. The van der Waals surface area contributed by atoms with Crippen molar-refractivity contribution >= 4 is 23.4 Å². The van der Waals surface area contributed by atoms with Crippen LogP contribution in [0, 0.1) is 0 Å². The second kappa shape index (κ2) is 10.4. The summed E-state index contributed by atoms with van der Waals surface area (Å²) in [4.78, 5) is 30.6. The Hall–Kier alpha value is -2.53. The Kier molecular flexibility index (Phi) is 7.36. The van der Waals surface area contributed by atoms with Crippen LogP contribution in [0.1, 0.15) is 66.2 Å². The molecule has 2 aromatic carbocycles. The van der Waals surface area contributed by atoms with Gasteiger partial charge >= 0.3 is 0 Å². The third-order valence-electron chi connectivity index (χ3n) is 6.56. The van der Waals surface area contributed by atoms with Gasteiger partial charge < -0.3 is 14.5 Å². The number of amides is 2. The van der Waals surface area contributed by atoms with E-state index in [9.17, 15) is 9.59 Å². The van der Waals surface area contributed by atoms with E-state index in [2.05, 4.69) is 0 Å². The molecule has 5 nitrogen and oxygen atoms in total. The molecule has 1 aliphatic heterocycles. The van der Waals surface area contributed by atoms with E-state index in [1.165, 1.54) is 0 Å². The summed E-state index contributed by atoms with van der Waals surface area (Å²) >= 11 is 6.04. The summed E-state index contributed by atoms with van der Waals surface area (Å²) in [6, 6.07) is 14.6. The Balaban J connectivity index is 1.69. The van der Waals surface area contributed by atoms with Gasteiger partial charge in [-0.3, -0.25) is 9.59 Å². The van der Waals surface area contributed by atoms with Gasteiger partial charge in [-0.05, 0) is 75.4 Å². The van der Waals surface area contributed by atoms with Crippen LogP contribution in [0.2, 0.25) is 5.02 Å². The molecule has 0 spiro atoms. The number of ether oxygens (including phenoxy) is 1. The van der Waals surface area contributed by atoms with Crippen LogP contribution in [-0.2, 0) is 0 Å². The SMILES string of the molecule is CCN1CCCCN(C(=O)c2ccc(Cl)cc2)[C@@H]2CCCC[C@@H]2Oc2ccccc2C1=O. The van der Waals surface area contributed by atoms with Crippen LogP contribution in [0.4, 0.5) is 0 Å². The van der Waals surface area contributed by atoms with Gasteiger partial charge in [-0.2, -0.15) is 0 Å². The van der Waals surface area contributed by atoms with E-state index in [0.717, 1.165) is 38.5 Å². The molecule has 6 heteroatoms. The molecule has 0 bridgehead atoms. The second-order valence-electron chi connectivity index (χ2n) is 8.60. The molecule has 4 rings (SSSR count). The van der Waals surface area contributed by atoms with Gasteiger partial charge in [0, 0.05) is 30.2 Å². The van der Waals surface area contributed by atoms with Gasteiger partial charge in [0.15, 0.2) is 0 Å². The van der Waals surface area contributed by atoms with E-state index in [1.807, 2.05) is 41.0 Å². The van der Waals surface area contributed by atoms with E-state index in [-0.39, 0.29) is 24.0 Å². The molecule has 0 aromatic heterocycles. The number of hydrogen-bond donors (Lipinski definition) is 0. The molecule has 2 aliphatic rings. The first-order valence-corrected chi connectivity index (χ1v) is 12.1. The maximum Gasteiger partial charge on any atom is 0.257 e. The first kappa shape index (κ1) is 22.7. The van der Waals surface area contributed by atoms with Gasteiger partial charge in [-0.1, -0.05) is 30.2 Å². The number of hydrogen-bond acceptors (Lipinski definition) is 3. The number of fused-ring (bicyclic) bond motifs is 2.